The first kappa shape index (κ1) is 9.86. The molecule has 0 saturated carbocycles. The summed E-state index contributed by atoms with van der Waals surface area (Å²) in [5.74, 6) is -0.0764. The van der Waals surface area contributed by atoms with Crippen LogP contribution in [0, 0.1) is 0 Å². The summed E-state index contributed by atoms with van der Waals surface area (Å²) in [4.78, 5) is 12.5. The van der Waals surface area contributed by atoms with Gasteiger partial charge in [-0.3, -0.25) is 4.79 Å². The fraction of sp³-hybridized carbons (Fsp3) is 0.222. The van der Waals surface area contributed by atoms with E-state index in [-0.39, 0.29) is 5.91 Å². The number of carbonyl (C=O) groups excluding carboxylic acids is 1. The molecule has 0 spiro atoms. The monoisotopic (exact) mass is 198 g/mol. The largest absolute Gasteiger partial charge is 0.397 e. The van der Waals surface area contributed by atoms with Crippen LogP contribution in [0.2, 0.25) is 5.02 Å². The lowest BCUT2D eigenvalue weighted by Crippen LogP contribution is -2.23. The van der Waals surface area contributed by atoms with Crippen LogP contribution >= 0.6 is 11.6 Å². The van der Waals surface area contributed by atoms with Gasteiger partial charge < -0.3 is 10.6 Å². The van der Waals surface area contributed by atoms with Gasteiger partial charge >= 0.3 is 0 Å². The van der Waals surface area contributed by atoms with E-state index in [0.29, 0.717) is 16.4 Å². The van der Waals surface area contributed by atoms with Crippen molar-refractivity contribution in [2.75, 3.05) is 17.7 Å². The number of hydrogen-bond acceptors (Lipinski definition) is 2. The van der Waals surface area contributed by atoms with Crippen molar-refractivity contribution in [2.24, 2.45) is 0 Å². The van der Waals surface area contributed by atoms with E-state index in [0.717, 1.165) is 0 Å². The molecule has 0 atom stereocenters. The lowest BCUT2D eigenvalue weighted by atomic mass is 10.2. The zero-order valence-corrected chi connectivity index (χ0v) is 8.30. The van der Waals surface area contributed by atoms with Crippen LogP contribution in [0.1, 0.15) is 6.92 Å². The predicted molar refractivity (Wildman–Crippen MR) is 54.9 cm³/mol. The fourth-order valence-corrected chi connectivity index (χ4v) is 1.22. The zero-order valence-electron chi connectivity index (χ0n) is 7.54. The molecule has 0 aliphatic carbocycles. The van der Waals surface area contributed by atoms with Gasteiger partial charge in [0.25, 0.3) is 0 Å². The SMILES string of the molecule is CC(=O)N(C)c1cccc(N)c1Cl. The number of anilines is 2. The number of carbonyl (C=O) groups is 1. The van der Waals surface area contributed by atoms with Gasteiger partial charge in [0.15, 0.2) is 0 Å². The third-order valence-electron chi connectivity index (χ3n) is 1.84. The van der Waals surface area contributed by atoms with Crippen LogP contribution in [0.5, 0.6) is 0 Å². The van der Waals surface area contributed by atoms with E-state index < -0.39 is 0 Å². The molecule has 0 radical (unpaired) electrons. The Morgan fingerprint density at radius 3 is 2.69 bits per heavy atom. The number of halogens is 1. The minimum Gasteiger partial charge on any atom is -0.397 e. The molecule has 13 heavy (non-hydrogen) atoms. The van der Waals surface area contributed by atoms with Crippen LogP contribution in [0.4, 0.5) is 11.4 Å². The van der Waals surface area contributed by atoms with E-state index in [2.05, 4.69) is 0 Å². The van der Waals surface area contributed by atoms with Crippen molar-refractivity contribution in [1.29, 1.82) is 0 Å². The zero-order chi connectivity index (χ0) is 10.0. The van der Waals surface area contributed by atoms with Gasteiger partial charge in [-0.1, -0.05) is 17.7 Å². The molecule has 70 valence electrons. The summed E-state index contributed by atoms with van der Waals surface area (Å²) in [7, 11) is 1.66. The quantitative estimate of drug-likeness (QED) is 0.701. The minimum atomic E-state index is -0.0764. The topological polar surface area (TPSA) is 46.3 Å². The molecule has 4 heteroatoms. The first-order valence-electron chi connectivity index (χ1n) is 3.82. The number of hydrogen-bond donors (Lipinski definition) is 1. The van der Waals surface area contributed by atoms with Crippen molar-refractivity contribution < 1.29 is 4.79 Å². The molecule has 2 N–H and O–H groups in total. The first-order chi connectivity index (χ1) is 6.04. The molecular formula is C9H11ClN2O. The Kier molecular flexibility index (Phi) is 2.78. The van der Waals surface area contributed by atoms with Gasteiger partial charge in [-0.2, -0.15) is 0 Å². The molecule has 0 bridgehead atoms. The Morgan fingerprint density at radius 1 is 1.54 bits per heavy atom. The third-order valence-corrected chi connectivity index (χ3v) is 2.25. The van der Waals surface area contributed by atoms with Gasteiger partial charge in [-0.25, -0.2) is 0 Å². The molecule has 1 aromatic carbocycles. The van der Waals surface area contributed by atoms with Crippen molar-refractivity contribution in [3.63, 3.8) is 0 Å². The van der Waals surface area contributed by atoms with E-state index in [9.17, 15) is 4.79 Å². The van der Waals surface area contributed by atoms with Crippen LogP contribution in [0.15, 0.2) is 18.2 Å². The molecule has 0 aliphatic rings. The van der Waals surface area contributed by atoms with Crippen molar-refractivity contribution in [3.05, 3.63) is 23.2 Å². The number of benzene rings is 1. The van der Waals surface area contributed by atoms with E-state index in [1.54, 1.807) is 25.2 Å². The maximum Gasteiger partial charge on any atom is 0.223 e. The predicted octanol–water partition coefficient (Wildman–Crippen LogP) is 1.90. The van der Waals surface area contributed by atoms with Crippen LogP contribution in [-0.4, -0.2) is 13.0 Å². The smallest absolute Gasteiger partial charge is 0.223 e. The van der Waals surface area contributed by atoms with Crippen LogP contribution in [-0.2, 0) is 4.79 Å². The maximum absolute atomic E-state index is 11.0. The van der Waals surface area contributed by atoms with Crippen molar-refractivity contribution in [1.82, 2.24) is 0 Å². The summed E-state index contributed by atoms with van der Waals surface area (Å²) in [5.41, 5.74) is 6.70. The van der Waals surface area contributed by atoms with Gasteiger partial charge in [0.2, 0.25) is 5.91 Å². The number of amides is 1. The van der Waals surface area contributed by atoms with Crippen LogP contribution in [0.3, 0.4) is 0 Å². The first-order valence-corrected chi connectivity index (χ1v) is 4.20. The number of nitrogens with zero attached hydrogens (tertiary/aromatic N) is 1. The molecule has 0 saturated heterocycles. The highest BCUT2D eigenvalue weighted by atomic mass is 35.5. The minimum absolute atomic E-state index is 0.0764. The molecule has 3 nitrogen and oxygen atoms in total. The Bertz CT molecular complexity index is 338. The van der Waals surface area contributed by atoms with E-state index in [1.165, 1.54) is 11.8 Å². The van der Waals surface area contributed by atoms with Crippen LogP contribution in [0.25, 0.3) is 0 Å². The summed E-state index contributed by atoms with van der Waals surface area (Å²) in [5, 5.41) is 0.417. The second-order valence-electron chi connectivity index (χ2n) is 2.76. The van der Waals surface area contributed by atoms with Gasteiger partial charge in [-0.05, 0) is 12.1 Å². The molecule has 0 aliphatic heterocycles. The third kappa shape index (κ3) is 1.92. The fourth-order valence-electron chi connectivity index (χ4n) is 0.966. The second kappa shape index (κ2) is 3.66. The van der Waals surface area contributed by atoms with E-state index in [4.69, 9.17) is 17.3 Å². The molecular weight excluding hydrogens is 188 g/mol. The molecule has 1 rings (SSSR count). The Hall–Kier alpha value is -1.22. The summed E-state index contributed by atoms with van der Waals surface area (Å²) in [6.45, 7) is 1.47. The summed E-state index contributed by atoms with van der Waals surface area (Å²) >= 11 is 5.91. The van der Waals surface area contributed by atoms with E-state index >= 15 is 0 Å². The average Bonchev–Trinajstić information content (AvgIpc) is 2.08. The average molecular weight is 199 g/mol. The molecule has 0 unspecified atom stereocenters. The van der Waals surface area contributed by atoms with Gasteiger partial charge in [0.1, 0.15) is 0 Å². The number of nitrogen functional groups attached to an aromatic ring is 1. The Labute approximate surface area is 82.1 Å². The van der Waals surface area contributed by atoms with Crippen molar-refractivity contribution >= 4 is 28.9 Å². The van der Waals surface area contributed by atoms with E-state index in [1.807, 2.05) is 0 Å². The highest BCUT2D eigenvalue weighted by Gasteiger charge is 2.10. The normalized spacial score (nSPS) is 9.77. The molecule has 1 aromatic rings. The van der Waals surface area contributed by atoms with Gasteiger partial charge in [0, 0.05) is 14.0 Å². The summed E-state index contributed by atoms with van der Waals surface area (Å²) in [6, 6.07) is 5.20. The van der Waals surface area contributed by atoms with Gasteiger partial charge in [-0.15, -0.1) is 0 Å². The molecule has 0 aromatic heterocycles. The van der Waals surface area contributed by atoms with Crippen molar-refractivity contribution in [3.8, 4) is 0 Å². The lowest BCUT2D eigenvalue weighted by molar-refractivity contribution is -0.116. The Balaban J connectivity index is 3.15. The number of nitrogens with two attached hydrogens (primary N) is 1. The Morgan fingerprint density at radius 2 is 2.15 bits per heavy atom. The summed E-state index contributed by atoms with van der Waals surface area (Å²) in [6.07, 6.45) is 0. The highest BCUT2D eigenvalue weighted by molar-refractivity contribution is 6.36. The van der Waals surface area contributed by atoms with Crippen LogP contribution < -0.4 is 10.6 Å². The lowest BCUT2D eigenvalue weighted by Gasteiger charge is -2.17. The maximum atomic E-state index is 11.0. The molecule has 1 amide bonds. The highest BCUT2D eigenvalue weighted by Crippen LogP contribution is 2.29. The second-order valence-corrected chi connectivity index (χ2v) is 3.14. The summed E-state index contributed by atoms with van der Waals surface area (Å²) < 4.78 is 0. The van der Waals surface area contributed by atoms with Crippen molar-refractivity contribution in [2.45, 2.75) is 6.92 Å². The molecule has 0 fully saturated rings. The standard InChI is InChI=1S/C9H11ClN2O/c1-6(13)12(2)8-5-3-4-7(11)9(8)10/h3-5H,11H2,1-2H3. The van der Waals surface area contributed by atoms with Gasteiger partial charge in [0.05, 0.1) is 16.4 Å². The molecule has 0 heterocycles. The number of rotatable bonds is 1.